The Morgan fingerprint density at radius 2 is 1.83 bits per heavy atom. The maximum atomic E-state index is 12.4. The van der Waals surface area contributed by atoms with Crippen molar-refractivity contribution in [1.82, 2.24) is 9.88 Å². The highest BCUT2D eigenvalue weighted by molar-refractivity contribution is 7.13. The van der Waals surface area contributed by atoms with E-state index in [2.05, 4.69) is 23.2 Å². The molecule has 152 valence electrons. The lowest BCUT2D eigenvalue weighted by atomic mass is 10.00. The Hall–Kier alpha value is -3.25. The Balaban J connectivity index is 1.31. The number of carbonyl (C=O) groups excluding carboxylic acids is 2. The molecule has 0 unspecified atom stereocenters. The second-order valence-electron chi connectivity index (χ2n) is 7.17. The molecular weight excluding hydrogens is 396 g/mol. The lowest BCUT2D eigenvalue weighted by Gasteiger charge is -2.26. The normalized spacial score (nSPS) is 13.6. The number of amides is 1. The fourth-order valence-corrected chi connectivity index (χ4v) is 4.09. The summed E-state index contributed by atoms with van der Waals surface area (Å²) in [6, 6.07) is 18.1. The second kappa shape index (κ2) is 9.05. The Bertz CT molecular complexity index is 1070. The van der Waals surface area contributed by atoms with Crippen molar-refractivity contribution in [3.8, 4) is 10.6 Å². The number of hydrogen-bond acceptors (Lipinski definition) is 5. The SMILES string of the molecule is Cc1ccc(-c2nc(C(=O)OCC(=O)N3CC=C(c4ccccc4)CC3)cs2)cc1. The number of carbonyl (C=O) groups is 2. The summed E-state index contributed by atoms with van der Waals surface area (Å²) >= 11 is 1.38. The molecule has 0 atom stereocenters. The van der Waals surface area contributed by atoms with Crippen LogP contribution in [0.1, 0.15) is 28.0 Å². The lowest BCUT2D eigenvalue weighted by Crippen LogP contribution is -2.37. The fourth-order valence-electron chi connectivity index (χ4n) is 3.30. The fraction of sp³-hybridized carbons (Fsp3) is 0.208. The van der Waals surface area contributed by atoms with E-state index in [4.69, 9.17) is 4.74 Å². The molecular formula is C24H22N2O3S. The van der Waals surface area contributed by atoms with Crippen molar-refractivity contribution in [2.24, 2.45) is 0 Å². The summed E-state index contributed by atoms with van der Waals surface area (Å²) in [7, 11) is 0. The zero-order valence-corrected chi connectivity index (χ0v) is 17.5. The summed E-state index contributed by atoms with van der Waals surface area (Å²) in [6.07, 6.45) is 2.85. The number of thiazole rings is 1. The highest BCUT2D eigenvalue weighted by Crippen LogP contribution is 2.25. The van der Waals surface area contributed by atoms with Crippen molar-refractivity contribution in [1.29, 1.82) is 0 Å². The minimum absolute atomic E-state index is 0.194. The Morgan fingerprint density at radius 1 is 1.07 bits per heavy atom. The Labute approximate surface area is 179 Å². The van der Waals surface area contributed by atoms with Crippen LogP contribution in [-0.4, -0.2) is 41.5 Å². The van der Waals surface area contributed by atoms with E-state index in [0.29, 0.717) is 13.1 Å². The van der Waals surface area contributed by atoms with Crippen LogP contribution in [0.25, 0.3) is 16.1 Å². The number of benzene rings is 2. The van der Waals surface area contributed by atoms with Crippen LogP contribution in [0, 0.1) is 6.92 Å². The van der Waals surface area contributed by atoms with Crippen molar-refractivity contribution in [3.63, 3.8) is 0 Å². The molecule has 0 aliphatic carbocycles. The molecule has 1 aromatic heterocycles. The predicted octanol–water partition coefficient (Wildman–Crippen LogP) is 4.59. The van der Waals surface area contributed by atoms with Gasteiger partial charge in [0.1, 0.15) is 5.01 Å². The molecule has 0 spiro atoms. The highest BCUT2D eigenvalue weighted by atomic mass is 32.1. The number of nitrogens with zero attached hydrogens (tertiary/aromatic N) is 2. The maximum absolute atomic E-state index is 12.4. The van der Waals surface area contributed by atoms with Crippen molar-refractivity contribution < 1.29 is 14.3 Å². The van der Waals surface area contributed by atoms with Crippen LogP contribution in [0.4, 0.5) is 0 Å². The van der Waals surface area contributed by atoms with Crippen molar-refractivity contribution >= 4 is 28.8 Å². The van der Waals surface area contributed by atoms with E-state index in [1.165, 1.54) is 22.5 Å². The van der Waals surface area contributed by atoms with Gasteiger partial charge in [0.25, 0.3) is 5.91 Å². The summed E-state index contributed by atoms with van der Waals surface area (Å²) in [4.78, 5) is 30.8. The molecule has 0 N–H and O–H groups in total. The molecule has 0 saturated carbocycles. The molecule has 2 heterocycles. The van der Waals surface area contributed by atoms with Crippen LogP contribution in [0.15, 0.2) is 66.1 Å². The smallest absolute Gasteiger partial charge is 0.358 e. The highest BCUT2D eigenvalue weighted by Gasteiger charge is 2.20. The number of rotatable bonds is 5. The van der Waals surface area contributed by atoms with Crippen LogP contribution >= 0.6 is 11.3 Å². The minimum Gasteiger partial charge on any atom is -0.451 e. The number of hydrogen-bond donors (Lipinski definition) is 0. The van der Waals surface area contributed by atoms with Gasteiger partial charge in [0, 0.05) is 24.0 Å². The third-order valence-electron chi connectivity index (χ3n) is 5.04. The molecule has 30 heavy (non-hydrogen) atoms. The van der Waals surface area contributed by atoms with E-state index in [0.717, 1.165) is 22.6 Å². The average Bonchev–Trinajstić information content (AvgIpc) is 3.29. The molecule has 0 radical (unpaired) electrons. The Morgan fingerprint density at radius 3 is 2.53 bits per heavy atom. The lowest BCUT2D eigenvalue weighted by molar-refractivity contribution is -0.134. The van der Waals surface area contributed by atoms with Crippen LogP contribution in [-0.2, 0) is 9.53 Å². The number of esters is 1. The molecule has 0 saturated heterocycles. The summed E-state index contributed by atoms with van der Waals surface area (Å²) in [5, 5.41) is 2.42. The largest absolute Gasteiger partial charge is 0.451 e. The number of ether oxygens (including phenoxy) is 1. The van der Waals surface area contributed by atoms with E-state index in [-0.39, 0.29) is 18.2 Å². The van der Waals surface area contributed by atoms with Gasteiger partial charge in [-0.1, -0.05) is 66.2 Å². The molecule has 6 heteroatoms. The van der Waals surface area contributed by atoms with Crippen molar-refractivity contribution in [2.45, 2.75) is 13.3 Å². The molecule has 4 rings (SSSR count). The van der Waals surface area contributed by atoms with Crippen LogP contribution in [0.2, 0.25) is 0 Å². The molecule has 0 fully saturated rings. The number of aryl methyl sites for hydroxylation is 1. The topological polar surface area (TPSA) is 59.5 Å². The molecule has 3 aromatic rings. The van der Waals surface area contributed by atoms with Gasteiger partial charge in [0.2, 0.25) is 0 Å². The van der Waals surface area contributed by atoms with Gasteiger partial charge in [-0.15, -0.1) is 11.3 Å². The van der Waals surface area contributed by atoms with E-state index >= 15 is 0 Å². The first-order valence-electron chi connectivity index (χ1n) is 9.82. The molecule has 2 aromatic carbocycles. The third kappa shape index (κ3) is 4.66. The second-order valence-corrected chi connectivity index (χ2v) is 8.02. The van der Waals surface area contributed by atoms with E-state index in [9.17, 15) is 9.59 Å². The monoisotopic (exact) mass is 418 g/mol. The first kappa shape index (κ1) is 20.0. The van der Waals surface area contributed by atoms with Gasteiger partial charge < -0.3 is 9.64 Å². The van der Waals surface area contributed by atoms with Gasteiger partial charge in [-0.05, 0) is 24.5 Å². The summed E-state index contributed by atoms with van der Waals surface area (Å²) in [5.41, 5.74) is 4.77. The first-order valence-corrected chi connectivity index (χ1v) is 10.7. The van der Waals surface area contributed by atoms with E-state index in [1.54, 1.807) is 10.3 Å². The van der Waals surface area contributed by atoms with Gasteiger partial charge in [-0.2, -0.15) is 0 Å². The number of aromatic nitrogens is 1. The van der Waals surface area contributed by atoms with Gasteiger partial charge in [0.15, 0.2) is 12.3 Å². The summed E-state index contributed by atoms with van der Waals surface area (Å²) in [5.74, 6) is -0.767. The van der Waals surface area contributed by atoms with Gasteiger partial charge >= 0.3 is 5.97 Å². The first-order chi connectivity index (χ1) is 14.6. The summed E-state index contributed by atoms with van der Waals surface area (Å²) in [6.45, 7) is 2.89. The van der Waals surface area contributed by atoms with E-state index in [1.807, 2.05) is 49.4 Å². The average molecular weight is 419 g/mol. The molecule has 1 aliphatic heterocycles. The van der Waals surface area contributed by atoms with Gasteiger partial charge in [-0.3, -0.25) is 4.79 Å². The van der Waals surface area contributed by atoms with E-state index < -0.39 is 5.97 Å². The molecule has 1 amide bonds. The van der Waals surface area contributed by atoms with Crippen molar-refractivity contribution in [3.05, 3.63) is 82.9 Å². The molecule has 0 bridgehead atoms. The van der Waals surface area contributed by atoms with Crippen molar-refractivity contribution in [2.75, 3.05) is 19.7 Å². The quantitative estimate of drug-likeness (QED) is 0.569. The van der Waals surface area contributed by atoms with Gasteiger partial charge in [0.05, 0.1) is 0 Å². The Kier molecular flexibility index (Phi) is 6.05. The van der Waals surface area contributed by atoms with Crippen LogP contribution in [0.3, 0.4) is 0 Å². The molecule has 1 aliphatic rings. The minimum atomic E-state index is -0.574. The zero-order chi connectivity index (χ0) is 20.9. The van der Waals surface area contributed by atoms with Crippen LogP contribution in [0.5, 0.6) is 0 Å². The third-order valence-corrected chi connectivity index (χ3v) is 5.94. The maximum Gasteiger partial charge on any atom is 0.358 e. The predicted molar refractivity (Wildman–Crippen MR) is 118 cm³/mol. The summed E-state index contributed by atoms with van der Waals surface area (Å²) < 4.78 is 5.22. The van der Waals surface area contributed by atoms with Gasteiger partial charge in [-0.25, -0.2) is 9.78 Å². The zero-order valence-electron chi connectivity index (χ0n) is 16.7. The molecule has 5 nitrogen and oxygen atoms in total. The standard InChI is InChI=1S/C24H22N2O3S/c1-17-7-9-20(10-8-17)23-25-21(16-30-23)24(28)29-15-22(27)26-13-11-19(12-14-26)18-5-3-2-4-6-18/h2-11,16H,12-15H2,1H3. The van der Waals surface area contributed by atoms with Crippen LogP contribution < -0.4 is 0 Å².